The van der Waals surface area contributed by atoms with Gasteiger partial charge in [0.15, 0.2) is 0 Å². The Kier molecular flexibility index (Phi) is 4.71. The summed E-state index contributed by atoms with van der Waals surface area (Å²) in [6, 6.07) is 24.5. The lowest BCUT2D eigenvalue weighted by Crippen LogP contribution is -2.06. The first-order valence-corrected chi connectivity index (χ1v) is 7.70. The molecule has 3 heteroatoms. The molecule has 0 aliphatic rings. The number of pyridine rings is 1. The Morgan fingerprint density at radius 1 is 0.818 bits per heavy atom. The fraction of sp³-hybridized carbons (Fsp3) is 0.105. The second-order valence-electron chi connectivity index (χ2n) is 5.09. The molecule has 0 fully saturated rings. The summed E-state index contributed by atoms with van der Waals surface area (Å²) in [6.45, 7) is 0.825. The van der Waals surface area contributed by atoms with Crippen molar-refractivity contribution in [2.24, 2.45) is 0 Å². The van der Waals surface area contributed by atoms with Gasteiger partial charge in [0, 0.05) is 6.54 Å². The van der Waals surface area contributed by atoms with Crippen molar-refractivity contribution >= 4 is 17.4 Å². The topological polar surface area (TPSA) is 24.9 Å². The molecule has 1 heterocycles. The number of nitrogens with zero attached hydrogens (tertiary/aromatic N) is 1. The molecule has 0 amide bonds. The van der Waals surface area contributed by atoms with Crippen LogP contribution in [-0.4, -0.2) is 11.5 Å². The molecule has 0 bridgehead atoms. The van der Waals surface area contributed by atoms with Crippen LogP contribution in [0.25, 0.3) is 11.1 Å². The van der Waals surface area contributed by atoms with Gasteiger partial charge in [0.05, 0.1) is 0 Å². The van der Waals surface area contributed by atoms with Gasteiger partial charge >= 0.3 is 0 Å². The number of benzene rings is 2. The largest absolute Gasteiger partial charge is 0.370 e. The minimum atomic E-state index is 0.503. The summed E-state index contributed by atoms with van der Waals surface area (Å²) in [5, 5.41) is 3.85. The van der Waals surface area contributed by atoms with Crippen LogP contribution in [0.5, 0.6) is 0 Å². The Balaban J connectivity index is 1.70. The van der Waals surface area contributed by atoms with E-state index in [2.05, 4.69) is 46.7 Å². The smallest absolute Gasteiger partial charge is 0.132 e. The van der Waals surface area contributed by atoms with Gasteiger partial charge in [0.25, 0.3) is 0 Å². The zero-order chi connectivity index (χ0) is 15.2. The molecule has 2 aromatic carbocycles. The van der Waals surface area contributed by atoms with Gasteiger partial charge < -0.3 is 5.32 Å². The molecular formula is C19H17ClN2. The highest BCUT2D eigenvalue weighted by Crippen LogP contribution is 2.24. The highest BCUT2D eigenvalue weighted by Gasteiger charge is 2.03. The lowest BCUT2D eigenvalue weighted by molar-refractivity contribution is 1.01. The van der Waals surface area contributed by atoms with E-state index in [1.807, 2.05) is 36.4 Å². The Morgan fingerprint density at radius 2 is 1.50 bits per heavy atom. The van der Waals surface area contributed by atoms with Crippen molar-refractivity contribution in [2.75, 3.05) is 11.9 Å². The molecule has 0 radical (unpaired) electrons. The summed E-state index contributed by atoms with van der Waals surface area (Å²) in [7, 11) is 0. The molecule has 22 heavy (non-hydrogen) atoms. The second kappa shape index (κ2) is 7.10. The molecule has 0 aliphatic carbocycles. The molecule has 1 N–H and O–H groups in total. The van der Waals surface area contributed by atoms with E-state index < -0.39 is 0 Å². The van der Waals surface area contributed by atoms with E-state index in [4.69, 9.17) is 11.6 Å². The molecular weight excluding hydrogens is 292 g/mol. The zero-order valence-corrected chi connectivity index (χ0v) is 12.9. The van der Waals surface area contributed by atoms with Gasteiger partial charge in [-0.2, -0.15) is 0 Å². The van der Waals surface area contributed by atoms with Gasteiger partial charge in [-0.15, -0.1) is 0 Å². The summed E-state index contributed by atoms with van der Waals surface area (Å²) in [6.07, 6.45) is 0.954. The average Bonchev–Trinajstić information content (AvgIpc) is 2.56. The molecule has 0 atom stereocenters. The van der Waals surface area contributed by atoms with Crippen LogP contribution >= 0.6 is 11.6 Å². The third-order valence-electron chi connectivity index (χ3n) is 3.46. The normalized spacial score (nSPS) is 10.4. The Morgan fingerprint density at radius 3 is 2.23 bits per heavy atom. The number of halogens is 1. The fourth-order valence-electron chi connectivity index (χ4n) is 2.36. The first-order chi connectivity index (χ1) is 10.8. The third-order valence-corrected chi connectivity index (χ3v) is 3.66. The third kappa shape index (κ3) is 3.86. The van der Waals surface area contributed by atoms with E-state index in [0.29, 0.717) is 5.15 Å². The molecule has 0 saturated heterocycles. The first-order valence-electron chi connectivity index (χ1n) is 7.32. The molecule has 0 aliphatic heterocycles. The predicted octanol–water partition coefficient (Wildman–Crippen LogP) is 5.06. The Hall–Kier alpha value is -2.32. The lowest BCUT2D eigenvalue weighted by Gasteiger charge is -2.09. The molecule has 2 nitrogen and oxygen atoms in total. The van der Waals surface area contributed by atoms with Crippen LogP contribution < -0.4 is 5.32 Å². The highest BCUT2D eigenvalue weighted by atomic mass is 35.5. The van der Waals surface area contributed by atoms with Crippen LogP contribution in [0.15, 0.2) is 72.8 Å². The maximum atomic E-state index is 6.14. The van der Waals surface area contributed by atoms with Crippen LogP contribution in [0.2, 0.25) is 5.15 Å². The Bertz CT molecular complexity index is 727. The van der Waals surface area contributed by atoms with Crippen molar-refractivity contribution < 1.29 is 0 Å². The van der Waals surface area contributed by atoms with Crippen LogP contribution in [0, 0.1) is 0 Å². The quantitative estimate of drug-likeness (QED) is 0.667. The van der Waals surface area contributed by atoms with Gasteiger partial charge in [-0.25, -0.2) is 4.98 Å². The zero-order valence-electron chi connectivity index (χ0n) is 12.2. The summed E-state index contributed by atoms with van der Waals surface area (Å²) in [5.41, 5.74) is 3.51. The molecule has 3 rings (SSSR count). The van der Waals surface area contributed by atoms with E-state index >= 15 is 0 Å². The van der Waals surface area contributed by atoms with Gasteiger partial charge in [0.1, 0.15) is 11.0 Å². The molecule has 0 saturated carbocycles. The number of nitrogens with one attached hydrogen (secondary N) is 1. The summed E-state index contributed by atoms with van der Waals surface area (Å²) < 4.78 is 0. The molecule has 3 aromatic rings. The van der Waals surface area contributed by atoms with Crippen molar-refractivity contribution in [1.29, 1.82) is 0 Å². The number of hydrogen-bond acceptors (Lipinski definition) is 2. The monoisotopic (exact) mass is 308 g/mol. The van der Waals surface area contributed by atoms with E-state index in [1.165, 1.54) is 5.56 Å². The molecule has 0 spiro atoms. The van der Waals surface area contributed by atoms with Crippen LogP contribution in [0.4, 0.5) is 5.82 Å². The minimum absolute atomic E-state index is 0.503. The molecule has 1 aromatic heterocycles. The van der Waals surface area contributed by atoms with Crippen molar-refractivity contribution in [2.45, 2.75) is 6.42 Å². The van der Waals surface area contributed by atoms with Gasteiger partial charge in [-0.3, -0.25) is 0 Å². The number of aromatic nitrogens is 1. The van der Waals surface area contributed by atoms with Crippen molar-refractivity contribution in [3.63, 3.8) is 0 Å². The molecule has 0 unspecified atom stereocenters. The number of anilines is 1. The van der Waals surface area contributed by atoms with Gasteiger partial charge in [-0.1, -0.05) is 72.3 Å². The van der Waals surface area contributed by atoms with Gasteiger partial charge in [0.2, 0.25) is 0 Å². The maximum Gasteiger partial charge on any atom is 0.132 e. The van der Waals surface area contributed by atoms with Crippen LogP contribution in [0.1, 0.15) is 5.56 Å². The van der Waals surface area contributed by atoms with Crippen LogP contribution in [0.3, 0.4) is 0 Å². The summed E-state index contributed by atoms with van der Waals surface area (Å²) >= 11 is 6.14. The number of rotatable bonds is 5. The first kappa shape index (κ1) is 14.6. The second-order valence-corrected chi connectivity index (χ2v) is 5.48. The highest BCUT2D eigenvalue weighted by molar-refractivity contribution is 6.29. The van der Waals surface area contributed by atoms with E-state index in [0.717, 1.165) is 29.9 Å². The van der Waals surface area contributed by atoms with E-state index in [-0.39, 0.29) is 0 Å². The van der Waals surface area contributed by atoms with Gasteiger partial charge in [-0.05, 0) is 35.2 Å². The predicted molar refractivity (Wildman–Crippen MR) is 93.3 cm³/mol. The minimum Gasteiger partial charge on any atom is -0.370 e. The lowest BCUT2D eigenvalue weighted by atomic mass is 10.1. The molecule has 110 valence electrons. The van der Waals surface area contributed by atoms with Crippen molar-refractivity contribution in [1.82, 2.24) is 4.98 Å². The standard InChI is InChI=1S/C19H17ClN2/c20-18-13-17(16-9-5-2-6-10-16)14-19(22-18)21-12-11-15-7-3-1-4-8-15/h1-10,13-14H,11-12H2,(H,21,22). The SMILES string of the molecule is Clc1cc(-c2ccccc2)cc(NCCc2ccccc2)n1. The van der Waals surface area contributed by atoms with E-state index in [1.54, 1.807) is 0 Å². The van der Waals surface area contributed by atoms with Crippen LogP contribution in [-0.2, 0) is 6.42 Å². The Labute approximate surface area is 135 Å². The van der Waals surface area contributed by atoms with Crippen molar-refractivity contribution in [3.8, 4) is 11.1 Å². The number of hydrogen-bond donors (Lipinski definition) is 1. The fourth-order valence-corrected chi connectivity index (χ4v) is 2.57. The average molecular weight is 309 g/mol. The van der Waals surface area contributed by atoms with Crippen molar-refractivity contribution in [3.05, 3.63) is 83.5 Å². The summed E-state index contributed by atoms with van der Waals surface area (Å²) in [4.78, 5) is 4.34. The maximum absolute atomic E-state index is 6.14. The van der Waals surface area contributed by atoms with E-state index in [9.17, 15) is 0 Å². The summed E-state index contributed by atoms with van der Waals surface area (Å²) in [5.74, 6) is 0.808.